The molecule has 2 aromatic rings. The molecule has 0 saturated heterocycles. The van der Waals surface area contributed by atoms with Crippen LogP contribution in [0.4, 0.5) is 0 Å². The predicted molar refractivity (Wildman–Crippen MR) is 83.3 cm³/mol. The molecule has 0 aromatic heterocycles. The third-order valence-corrected chi connectivity index (χ3v) is 3.45. The van der Waals surface area contributed by atoms with Crippen molar-refractivity contribution < 1.29 is 0 Å². The normalized spacial score (nSPS) is 11.6. The molecule has 0 radical (unpaired) electrons. The summed E-state index contributed by atoms with van der Waals surface area (Å²) in [5, 5.41) is 3.23. The first-order valence-corrected chi connectivity index (χ1v) is 6.86. The predicted octanol–water partition coefficient (Wildman–Crippen LogP) is 4.37. The highest BCUT2D eigenvalue weighted by molar-refractivity contribution is 5.67. The molecule has 19 heavy (non-hydrogen) atoms. The first kappa shape index (κ1) is 13.8. The third-order valence-electron chi connectivity index (χ3n) is 3.45. The molecule has 0 aliphatic rings. The van der Waals surface area contributed by atoms with Gasteiger partial charge in [-0.2, -0.15) is 0 Å². The maximum absolute atomic E-state index is 3.23. The van der Waals surface area contributed by atoms with Gasteiger partial charge in [-0.25, -0.2) is 0 Å². The Labute approximate surface area is 116 Å². The van der Waals surface area contributed by atoms with E-state index in [9.17, 15) is 0 Å². The summed E-state index contributed by atoms with van der Waals surface area (Å²) < 4.78 is 0. The Kier molecular flexibility index (Phi) is 4.06. The van der Waals surface area contributed by atoms with Crippen LogP contribution in [0, 0.1) is 0 Å². The lowest BCUT2D eigenvalue weighted by molar-refractivity contribution is 0.590. The fourth-order valence-electron chi connectivity index (χ4n) is 2.30. The number of nitrogens with one attached hydrogen (secondary N) is 1. The van der Waals surface area contributed by atoms with Crippen molar-refractivity contribution in [2.45, 2.75) is 32.7 Å². The van der Waals surface area contributed by atoms with Crippen molar-refractivity contribution in [1.29, 1.82) is 0 Å². The van der Waals surface area contributed by atoms with Crippen LogP contribution in [0.1, 0.15) is 31.9 Å². The Morgan fingerprint density at radius 1 is 0.895 bits per heavy atom. The lowest BCUT2D eigenvalue weighted by Gasteiger charge is -2.19. The minimum absolute atomic E-state index is 0.211. The molecule has 0 aliphatic heterocycles. The molecule has 0 bridgehead atoms. The standard InChI is InChI=1S/C18H23N/c1-18(2,3)16-11-9-14(10-12-16)17-8-6-5-7-15(17)13-19-4/h5-12,19H,13H2,1-4H3. The summed E-state index contributed by atoms with van der Waals surface area (Å²) in [4.78, 5) is 0. The van der Waals surface area contributed by atoms with E-state index in [1.807, 2.05) is 7.05 Å². The molecule has 0 unspecified atom stereocenters. The van der Waals surface area contributed by atoms with Crippen molar-refractivity contribution in [2.75, 3.05) is 7.05 Å². The summed E-state index contributed by atoms with van der Waals surface area (Å²) >= 11 is 0. The van der Waals surface area contributed by atoms with E-state index in [2.05, 4.69) is 74.6 Å². The third kappa shape index (κ3) is 3.24. The van der Waals surface area contributed by atoms with Crippen LogP contribution in [0.2, 0.25) is 0 Å². The van der Waals surface area contributed by atoms with Crippen LogP contribution < -0.4 is 5.32 Å². The monoisotopic (exact) mass is 253 g/mol. The van der Waals surface area contributed by atoms with E-state index in [1.54, 1.807) is 0 Å². The molecule has 0 saturated carbocycles. The molecule has 0 heterocycles. The molecule has 100 valence electrons. The Bertz CT molecular complexity index is 532. The van der Waals surface area contributed by atoms with Gasteiger partial charge < -0.3 is 5.32 Å². The average Bonchev–Trinajstić information content (AvgIpc) is 2.39. The quantitative estimate of drug-likeness (QED) is 0.856. The van der Waals surface area contributed by atoms with Gasteiger partial charge in [-0.05, 0) is 34.7 Å². The zero-order valence-electron chi connectivity index (χ0n) is 12.3. The smallest absolute Gasteiger partial charge is 0.0208 e. The molecule has 0 fully saturated rings. The molecule has 0 atom stereocenters. The van der Waals surface area contributed by atoms with E-state index in [0.29, 0.717) is 0 Å². The largest absolute Gasteiger partial charge is 0.316 e. The molecule has 0 spiro atoms. The van der Waals surface area contributed by atoms with Gasteiger partial charge in [-0.1, -0.05) is 69.3 Å². The van der Waals surface area contributed by atoms with Gasteiger partial charge in [0.05, 0.1) is 0 Å². The van der Waals surface area contributed by atoms with Gasteiger partial charge >= 0.3 is 0 Å². The molecule has 0 aliphatic carbocycles. The van der Waals surface area contributed by atoms with Crippen molar-refractivity contribution in [3.8, 4) is 11.1 Å². The molecule has 1 N–H and O–H groups in total. The highest BCUT2D eigenvalue weighted by atomic mass is 14.8. The number of rotatable bonds is 3. The highest BCUT2D eigenvalue weighted by Crippen LogP contribution is 2.27. The fourth-order valence-corrected chi connectivity index (χ4v) is 2.30. The fraction of sp³-hybridized carbons (Fsp3) is 0.333. The summed E-state index contributed by atoms with van der Waals surface area (Å²) in [5.41, 5.74) is 5.54. The maximum Gasteiger partial charge on any atom is 0.0208 e. The van der Waals surface area contributed by atoms with E-state index < -0.39 is 0 Å². The second kappa shape index (κ2) is 5.58. The lowest BCUT2D eigenvalue weighted by Crippen LogP contribution is -2.10. The van der Waals surface area contributed by atoms with E-state index in [-0.39, 0.29) is 5.41 Å². The van der Waals surface area contributed by atoms with Gasteiger partial charge in [0.1, 0.15) is 0 Å². The second-order valence-corrected chi connectivity index (χ2v) is 6.01. The van der Waals surface area contributed by atoms with Crippen molar-refractivity contribution in [3.05, 3.63) is 59.7 Å². The van der Waals surface area contributed by atoms with E-state index in [1.165, 1.54) is 22.3 Å². The van der Waals surface area contributed by atoms with Crippen molar-refractivity contribution in [1.82, 2.24) is 5.32 Å². The first-order chi connectivity index (χ1) is 9.02. The molecular formula is C18H23N. The number of hydrogen-bond donors (Lipinski definition) is 1. The molecular weight excluding hydrogens is 230 g/mol. The zero-order chi connectivity index (χ0) is 13.9. The molecule has 0 amide bonds. The van der Waals surface area contributed by atoms with Crippen LogP contribution in [-0.4, -0.2) is 7.05 Å². The topological polar surface area (TPSA) is 12.0 Å². The van der Waals surface area contributed by atoms with Crippen LogP contribution in [-0.2, 0) is 12.0 Å². The highest BCUT2D eigenvalue weighted by Gasteiger charge is 2.13. The molecule has 1 heteroatoms. The van der Waals surface area contributed by atoms with Crippen LogP contribution >= 0.6 is 0 Å². The Morgan fingerprint density at radius 2 is 1.53 bits per heavy atom. The van der Waals surface area contributed by atoms with E-state index in [0.717, 1.165) is 6.54 Å². The summed E-state index contributed by atoms with van der Waals surface area (Å²) in [7, 11) is 1.99. The van der Waals surface area contributed by atoms with Crippen LogP contribution in [0.25, 0.3) is 11.1 Å². The number of benzene rings is 2. The average molecular weight is 253 g/mol. The van der Waals surface area contributed by atoms with Gasteiger partial charge in [0.15, 0.2) is 0 Å². The van der Waals surface area contributed by atoms with Gasteiger partial charge in [-0.15, -0.1) is 0 Å². The zero-order valence-corrected chi connectivity index (χ0v) is 12.3. The van der Waals surface area contributed by atoms with Crippen molar-refractivity contribution in [3.63, 3.8) is 0 Å². The Balaban J connectivity index is 2.37. The van der Waals surface area contributed by atoms with Gasteiger partial charge in [-0.3, -0.25) is 0 Å². The molecule has 1 nitrogen and oxygen atoms in total. The summed E-state index contributed by atoms with van der Waals surface area (Å²) in [6.45, 7) is 7.64. The molecule has 2 rings (SSSR count). The van der Waals surface area contributed by atoms with Gasteiger partial charge in [0.25, 0.3) is 0 Å². The minimum atomic E-state index is 0.211. The summed E-state index contributed by atoms with van der Waals surface area (Å²) in [5.74, 6) is 0. The van der Waals surface area contributed by atoms with Crippen molar-refractivity contribution in [2.24, 2.45) is 0 Å². The van der Waals surface area contributed by atoms with Crippen molar-refractivity contribution >= 4 is 0 Å². The Morgan fingerprint density at radius 3 is 2.11 bits per heavy atom. The minimum Gasteiger partial charge on any atom is -0.316 e. The van der Waals surface area contributed by atoms with Crippen LogP contribution in [0.15, 0.2) is 48.5 Å². The van der Waals surface area contributed by atoms with Gasteiger partial charge in [0.2, 0.25) is 0 Å². The SMILES string of the molecule is CNCc1ccccc1-c1ccc(C(C)(C)C)cc1. The Hall–Kier alpha value is -1.60. The number of hydrogen-bond acceptors (Lipinski definition) is 1. The second-order valence-electron chi connectivity index (χ2n) is 6.01. The first-order valence-electron chi connectivity index (χ1n) is 6.86. The van der Waals surface area contributed by atoms with Crippen LogP contribution in [0.3, 0.4) is 0 Å². The lowest BCUT2D eigenvalue weighted by atomic mass is 9.86. The van der Waals surface area contributed by atoms with Gasteiger partial charge in [0, 0.05) is 6.54 Å². The summed E-state index contributed by atoms with van der Waals surface area (Å²) in [6.07, 6.45) is 0. The van der Waals surface area contributed by atoms with E-state index in [4.69, 9.17) is 0 Å². The summed E-state index contributed by atoms with van der Waals surface area (Å²) in [6, 6.07) is 17.5. The maximum atomic E-state index is 3.23. The van der Waals surface area contributed by atoms with Crippen LogP contribution in [0.5, 0.6) is 0 Å². The van der Waals surface area contributed by atoms with E-state index >= 15 is 0 Å². The molecule has 2 aromatic carbocycles.